The number of hydrogen-bond acceptors (Lipinski definition) is 4. The maximum atomic E-state index is 12.4. The van der Waals surface area contributed by atoms with Gasteiger partial charge in [-0.1, -0.05) is 36.4 Å². The van der Waals surface area contributed by atoms with Gasteiger partial charge in [-0.25, -0.2) is 0 Å². The van der Waals surface area contributed by atoms with Gasteiger partial charge in [0, 0.05) is 24.2 Å². The number of amides is 2. The van der Waals surface area contributed by atoms with Crippen molar-refractivity contribution in [2.24, 2.45) is 0 Å². The van der Waals surface area contributed by atoms with Crippen LogP contribution in [0.1, 0.15) is 31.8 Å². The third kappa shape index (κ3) is 4.55. The van der Waals surface area contributed by atoms with E-state index < -0.39 is 0 Å². The zero-order chi connectivity index (χ0) is 20.1. The van der Waals surface area contributed by atoms with Crippen molar-refractivity contribution in [3.8, 4) is 11.5 Å². The Labute approximate surface area is 168 Å². The summed E-state index contributed by atoms with van der Waals surface area (Å²) >= 11 is 0. The molecule has 1 aliphatic heterocycles. The molecule has 3 aromatic rings. The zero-order valence-corrected chi connectivity index (χ0v) is 15.7. The predicted molar refractivity (Wildman–Crippen MR) is 108 cm³/mol. The second-order valence-electron chi connectivity index (χ2n) is 6.62. The molecular weight excluding hydrogens is 368 g/mol. The van der Waals surface area contributed by atoms with E-state index in [0.29, 0.717) is 35.7 Å². The van der Waals surface area contributed by atoms with E-state index in [-0.39, 0.29) is 18.6 Å². The van der Waals surface area contributed by atoms with Crippen molar-refractivity contribution < 1.29 is 19.1 Å². The molecule has 146 valence electrons. The third-order valence-electron chi connectivity index (χ3n) is 4.60. The SMILES string of the molecule is O=C(NCc1ccccc1)c1ccc(C(=O)NCc2ccc3c(c2)OCO3)cc1. The highest BCUT2D eigenvalue weighted by Crippen LogP contribution is 2.32. The lowest BCUT2D eigenvalue weighted by Gasteiger charge is -2.08. The Balaban J connectivity index is 1.31. The summed E-state index contributed by atoms with van der Waals surface area (Å²) in [5.41, 5.74) is 2.94. The highest BCUT2D eigenvalue weighted by molar-refractivity contribution is 5.97. The fourth-order valence-electron chi connectivity index (χ4n) is 2.99. The van der Waals surface area contributed by atoms with Crippen LogP contribution in [0, 0.1) is 0 Å². The molecule has 1 aliphatic rings. The summed E-state index contributed by atoms with van der Waals surface area (Å²) in [7, 11) is 0. The van der Waals surface area contributed by atoms with Gasteiger partial charge in [0.05, 0.1) is 0 Å². The molecule has 0 aromatic heterocycles. The minimum absolute atomic E-state index is 0.179. The molecule has 0 spiro atoms. The Morgan fingerprint density at radius 3 is 1.93 bits per heavy atom. The van der Waals surface area contributed by atoms with Crippen molar-refractivity contribution in [2.45, 2.75) is 13.1 Å². The van der Waals surface area contributed by atoms with Crippen molar-refractivity contribution in [3.63, 3.8) is 0 Å². The molecule has 3 aromatic carbocycles. The van der Waals surface area contributed by atoms with E-state index in [2.05, 4.69) is 10.6 Å². The number of benzene rings is 3. The van der Waals surface area contributed by atoms with Crippen molar-refractivity contribution >= 4 is 11.8 Å². The van der Waals surface area contributed by atoms with Crippen LogP contribution < -0.4 is 20.1 Å². The molecule has 2 amide bonds. The van der Waals surface area contributed by atoms with Crippen molar-refractivity contribution in [1.29, 1.82) is 0 Å². The van der Waals surface area contributed by atoms with E-state index in [1.165, 1.54) is 0 Å². The van der Waals surface area contributed by atoms with Crippen LogP contribution >= 0.6 is 0 Å². The van der Waals surface area contributed by atoms with Crippen LogP contribution in [0.25, 0.3) is 0 Å². The molecule has 0 radical (unpaired) electrons. The highest BCUT2D eigenvalue weighted by Gasteiger charge is 2.14. The van der Waals surface area contributed by atoms with Gasteiger partial charge in [-0.2, -0.15) is 0 Å². The first kappa shape index (κ1) is 18.6. The Morgan fingerprint density at radius 1 is 0.690 bits per heavy atom. The smallest absolute Gasteiger partial charge is 0.251 e. The van der Waals surface area contributed by atoms with Crippen molar-refractivity contribution in [2.75, 3.05) is 6.79 Å². The number of rotatable bonds is 6. The fraction of sp³-hybridized carbons (Fsp3) is 0.130. The Hall–Kier alpha value is -3.80. The Kier molecular flexibility index (Phi) is 5.42. The molecule has 6 heteroatoms. The molecule has 0 atom stereocenters. The number of carbonyl (C=O) groups excluding carboxylic acids is 2. The monoisotopic (exact) mass is 388 g/mol. The van der Waals surface area contributed by atoms with Gasteiger partial charge in [-0.15, -0.1) is 0 Å². The lowest BCUT2D eigenvalue weighted by Crippen LogP contribution is -2.24. The van der Waals surface area contributed by atoms with Crippen molar-refractivity contribution in [3.05, 3.63) is 95.1 Å². The first-order valence-corrected chi connectivity index (χ1v) is 9.28. The van der Waals surface area contributed by atoms with E-state index in [1.54, 1.807) is 24.3 Å². The number of hydrogen-bond donors (Lipinski definition) is 2. The maximum Gasteiger partial charge on any atom is 0.251 e. The zero-order valence-electron chi connectivity index (χ0n) is 15.7. The lowest BCUT2D eigenvalue weighted by molar-refractivity contribution is 0.0939. The molecule has 0 unspecified atom stereocenters. The Bertz CT molecular complexity index is 1020. The molecular formula is C23H20N2O4. The topological polar surface area (TPSA) is 76.7 Å². The summed E-state index contributed by atoms with van der Waals surface area (Å²) in [5.74, 6) is 1.00. The van der Waals surface area contributed by atoms with Gasteiger partial charge < -0.3 is 20.1 Å². The van der Waals surface area contributed by atoms with Crippen LogP contribution in [0.2, 0.25) is 0 Å². The molecule has 0 fully saturated rings. The first-order valence-electron chi connectivity index (χ1n) is 9.28. The van der Waals surface area contributed by atoms with Gasteiger partial charge in [-0.05, 0) is 47.5 Å². The van der Waals surface area contributed by atoms with E-state index in [9.17, 15) is 9.59 Å². The molecule has 0 saturated heterocycles. The summed E-state index contributed by atoms with van der Waals surface area (Å²) in [6.07, 6.45) is 0. The molecule has 0 bridgehead atoms. The van der Waals surface area contributed by atoms with Gasteiger partial charge in [-0.3, -0.25) is 9.59 Å². The lowest BCUT2D eigenvalue weighted by atomic mass is 10.1. The van der Waals surface area contributed by atoms with Crippen LogP contribution in [0.4, 0.5) is 0 Å². The molecule has 2 N–H and O–H groups in total. The highest BCUT2D eigenvalue weighted by atomic mass is 16.7. The molecule has 4 rings (SSSR count). The van der Waals surface area contributed by atoms with Crippen molar-refractivity contribution in [1.82, 2.24) is 10.6 Å². The first-order chi connectivity index (χ1) is 14.2. The van der Waals surface area contributed by atoms with E-state index in [1.807, 2.05) is 48.5 Å². The van der Waals surface area contributed by atoms with Gasteiger partial charge in [0.1, 0.15) is 0 Å². The standard InChI is InChI=1S/C23H20N2O4/c26-22(24-13-16-4-2-1-3-5-16)18-7-9-19(10-8-18)23(27)25-14-17-6-11-20-21(12-17)29-15-28-20/h1-12H,13-15H2,(H,24,26)(H,25,27). The average molecular weight is 388 g/mol. The summed E-state index contributed by atoms with van der Waals surface area (Å²) in [4.78, 5) is 24.6. The second kappa shape index (κ2) is 8.48. The predicted octanol–water partition coefficient (Wildman–Crippen LogP) is 3.28. The fourth-order valence-corrected chi connectivity index (χ4v) is 2.99. The van der Waals surface area contributed by atoms with E-state index >= 15 is 0 Å². The van der Waals surface area contributed by atoms with Crippen LogP contribution in [-0.2, 0) is 13.1 Å². The quantitative estimate of drug-likeness (QED) is 0.680. The number of ether oxygens (including phenoxy) is 2. The van der Waals surface area contributed by atoms with Crippen LogP contribution in [0.3, 0.4) is 0 Å². The van der Waals surface area contributed by atoms with Crippen LogP contribution in [0.15, 0.2) is 72.8 Å². The summed E-state index contributed by atoms with van der Waals surface area (Å²) < 4.78 is 10.6. The van der Waals surface area contributed by atoms with Crippen LogP contribution in [-0.4, -0.2) is 18.6 Å². The van der Waals surface area contributed by atoms with E-state index in [0.717, 1.165) is 11.1 Å². The van der Waals surface area contributed by atoms with Crippen LogP contribution in [0.5, 0.6) is 11.5 Å². The number of carbonyl (C=O) groups is 2. The molecule has 6 nitrogen and oxygen atoms in total. The Morgan fingerprint density at radius 2 is 1.28 bits per heavy atom. The minimum atomic E-state index is -0.209. The van der Waals surface area contributed by atoms with Gasteiger partial charge >= 0.3 is 0 Å². The molecule has 1 heterocycles. The van der Waals surface area contributed by atoms with E-state index in [4.69, 9.17) is 9.47 Å². The number of fused-ring (bicyclic) bond motifs is 1. The minimum Gasteiger partial charge on any atom is -0.454 e. The van der Waals surface area contributed by atoms with Gasteiger partial charge in [0.2, 0.25) is 6.79 Å². The second-order valence-corrected chi connectivity index (χ2v) is 6.62. The summed E-state index contributed by atoms with van der Waals surface area (Å²) in [5, 5.41) is 5.74. The third-order valence-corrected chi connectivity index (χ3v) is 4.60. The molecule has 0 aliphatic carbocycles. The average Bonchev–Trinajstić information content (AvgIpc) is 3.24. The largest absolute Gasteiger partial charge is 0.454 e. The molecule has 29 heavy (non-hydrogen) atoms. The number of nitrogens with one attached hydrogen (secondary N) is 2. The summed E-state index contributed by atoms with van der Waals surface area (Å²) in [6.45, 7) is 1.04. The maximum absolute atomic E-state index is 12.4. The normalized spacial score (nSPS) is 11.7. The summed E-state index contributed by atoms with van der Waals surface area (Å²) in [6, 6.07) is 21.8. The molecule has 0 saturated carbocycles. The van der Waals surface area contributed by atoms with Gasteiger partial charge in [0.25, 0.3) is 11.8 Å². The van der Waals surface area contributed by atoms with Gasteiger partial charge in [0.15, 0.2) is 11.5 Å².